The highest BCUT2D eigenvalue weighted by Gasteiger charge is 2.28. The molecule has 1 fully saturated rings. The zero-order valence-corrected chi connectivity index (χ0v) is 11.8. The van der Waals surface area contributed by atoms with Crippen LogP contribution in [0.2, 0.25) is 0 Å². The lowest BCUT2D eigenvalue weighted by molar-refractivity contribution is 0.0279. The second-order valence-electron chi connectivity index (χ2n) is 5.70. The Hall–Kier alpha value is -1.99. The van der Waals surface area contributed by atoms with Crippen molar-refractivity contribution in [1.82, 2.24) is 19.1 Å². The Morgan fingerprint density at radius 2 is 2.24 bits per heavy atom. The Bertz CT molecular complexity index is 714. The molecule has 7 nitrogen and oxygen atoms in total. The number of fused-ring (bicyclic) bond motifs is 1. The van der Waals surface area contributed by atoms with E-state index in [1.165, 1.54) is 4.40 Å². The second kappa shape index (κ2) is 5.42. The molecule has 7 heteroatoms. The molecule has 112 valence electrons. The summed E-state index contributed by atoms with van der Waals surface area (Å²) in [6.07, 6.45) is 2.97. The number of carbonyl (C=O) groups excluding carboxylic acids is 1. The normalized spacial score (nSPS) is 21.7. The number of carbonyl (C=O) groups is 1. The van der Waals surface area contributed by atoms with E-state index in [-0.39, 0.29) is 18.6 Å². The van der Waals surface area contributed by atoms with Crippen LogP contribution >= 0.6 is 0 Å². The lowest BCUT2D eigenvalue weighted by Crippen LogP contribution is -2.41. The van der Waals surface area contributed by atoms with Crippen molar-refractivity contribution in [2.75, 3.05) is 20.1 Å². The van der Waals surface area contributed by atoms with Crippen LogP contribution in [0.5, 0.6) is 0 Å². The van der Waals surface area contributed by atoms with E-state index in [0.717, 1.165) is 24.1 Å². The molecule has 2 heterocycles. The van der Waals surface area contributed by atoms with Crippen LogP contribution in [0.1, 0.15) is 17.6 Å². The summed E-state index contributed by atoms with van der Waals surface area (Å²) in [6, 6.07) is 5.17. The molecule has 0 spiro atoms. The minimum Gasteiger partial charge on any atom is -0.393 e. The number of aromatic nitrogens is 3. The van der Waals surface area contributed by atoms with Crippen molar-refractivity contribution >= 4 is 11.6 Å². The summed E-state index contributed by atoms with van der Waals surface area (Å²) in [5.41, 5.74) is 0.0173. The van der Waals surface area contributed by atoms with Crippen LogP contribution in [0.3, 0.4) is 0 Å². The molecule has 1 aliphatic rings. The minimum absolute atomic E-state index is 0.135. The van der Waals surface area contributed by atoms with E-state index in [9.17, 15) is 14.7 Å². The fourth-order valence-corrected chi connectivity index (χ4v) is 2.74. The lowest BCUT2D eigenvalue weighted by atomic mass is 9.82. The van der Waals surface area contributed by atoms with Crippen LogP contribution in [0.15, 0.2) is 29.2 Å². The Labute approximate surface area is 121 Å². The van der Waals surface area contributed by atoms with Gasteiger partial charge < -0.3 is 5.11 Å². The van der Waals surface area contributed by atoms with Crippen molar-refractivity contribution in [3.63, 3.8) is 0 Å². The van der Waals surface area contributed by atoms with Gasteiger partial charge in [0, 0.05) is 12.7 Å². The fraction of sp³-hybridized carbons (Fsp3) is 0.500. The van der Waals surface area contributed by atoms with Crippen LogP contribution in [-0.4, -0.2) is 56.3 Å². The van der Waals surface area contributed by atoms with Gasteiger partial charge in [-0.05, 0) is 37.9 Å². The molecule has 0 radical (unpaired) electrons. The van der Waals surface area contributed by atoms with E-state index in [1.807, 2.05) is 11.9 Å². The van der Waals surface area contributed by atoms with E-state index in [4.69, 9.17) is 0 Å². The van der Waals surface area contributed by atoms with Gasteiger partial charge in [0.1, 0.15) is 0 Å². The molecule has 21 heavy (non-hydrogen) atoms. The quantitative estimate of drug-likeness (QED) is 0.846. The molecule has 0 aromatic carbocycles. The Morgan fingerprint density at radius 3 is 2.90 bits per heavy atom. The SMILES string of the molecule is CN(CC(=O)n1nc2ccccn2c1=O)CC1CC(O)C1. The Morgan fingerprint density at radius 1 is 1.48 bits per heavy atom. The first kappa shape index (κ1) is 14.0. The van der Waals surface area contributed by atoms with Crippen LogP contribution in [-0.2, 0) is 0 Å². The van der Waals surface area contributed by atoms with Gasteiger partial charge in [0.15, 0.2) is 5.65 Å². The van der Waals surface area contributed by atoms with E-state index < -0.39 is 5.69 Å². The summed E-state index contributed by atoms with van der Waals surface area (Å²) in [4.78, 5) is 26.1. The minimum atomic E-state index is -0.442. The Balaban J connectivity index is 1.69. The highest BCUT2D eigenvalue weighted by molar-refractivity contribution is 5.80. The predicted molar refractivity (Wildman–Crippen MR) is 76.3 cm³/mol. The van der Waals surface area contributed by atoms with Gasteiger partial charge in [0.25, 0.3) is 5.91 Å². The molecule has 3 rings (SSSR count). The molecule has 2 aromatic heterocycles. The van der Waals surface area contributed by atoms with E-state index in [2.05, 4.69) is 5.10 Å². The van der Waals surface area contributed by atoms with Gasteiger partial charge in [-0.25, -0.2) is 9.20 Å². The van der Waals surface area contributed by atoms with Crippen LogP contribution < -0.4 is 5.69 Å². The van der Waals surface area contributed by atoms with Crippen molar-refractivity contribution in [3.8, 4) is 0 Å². The highest BCUT2D eigenvalue weighted by atomic mass is 16.3. The van der Waals surface area contributed by atoms with Crippen molar-refractivity contribution in [3.05, 3.63) is 34.9 Å². The van der Waals surface area contributed by atoms with Gasteiger partial charge in [0.2, 0.25) is 0 Å². The summed E-state index contributed by atoms with van der Waals surface area (Å²) in [7, 11) is 1.84. The number of hydrogen-bond acceptors (Lipinski definition) is 5. The third-order valence-electron chi connectivity index (χ3n) is 3.85. The largest absolute Gasteiger partial charge is 0.393 e. The van der Waals surface area contributed by atoms with Gasteiger partial charge in [-0.1, -0.05) is 6.07 Å². The lowest BCUT2D eigenvalue weighted by Gasteiger charge is -2.34. The molecule has 0 aliphatic heterocycles. The zero-order valence-electron chi connectivity index (χ0n) is 11.8. The molecular weight excluding hydrogens is 272 g/mol. The number of likely N-dealkylation sites (N-methyl/N-ethyl adjacent to an activating group) is 1. The predicted octanol–water partition coefficient (Wildman–Crippen LogP) is -0.161. The molecule has 0 unspecified atom stereocenters. The summed E-state index contributed by atoms with van der Waals surface area (Å²) in [5.74, 6) is 0.0849. The van der Waals surface area contributed by atoms with E-state index >= 15 is 0 Å². The summed E-state index contributed by atoms with van der Waals surface area (Å²) in [6.45, 7) is 0.876. The van der Waals surface area contributed by atoms with Crippen LogP contribution in [0.4, 0.5) is 0 Å². The van der Waals surface area contributed by atoms with E-state index in [1.54, 1.807) is 24.4 Å². The Kier molecular flexibility index (Phi) is 3.60. The van der Waals surface area contributed by atoms with Crippen molar-refractivity contribution in [2.45, 2.75) is 18.9 Å². The van der Waals surface area contributed by atoms with E-state index in [0.29, 0.717) is 11.6 Å². The monoisotopic (exact) mass is 290 g/mol. The highest BCUT2D eigenvalue weighted by Crippen LogP contribution is 2.27. The topological polar surface area (TPSA) is 79.8 Å². The van der Waals surface area contributed by atoms with Gasteiger partial charge in [-0.3, -0.25) is 9.69 Å². The first-order valence-corrected chi connectivity index (χ1v) is 7.01. The smallest absolute Gasteiger partial charge is 0.357 e. The molecule has 0 atom stereocenters. The third kappa shape index (κ3) is 2.74. The number of aliphatic hydroxyl groups excluding tert-OH is 1. The zero-order chi connectivity index (χ0) is 15.0. The first-order chi connectivity index (χ1) is 10.0. The third-order valence-corrected chi connectivity index (χ3v) is 3.85. The maximum atomic E-state index is 12.2. The number of pyridine rings is 1. The average Bonchev–Trinajstić information content (AvgIpc) is 2.75. The number of nitrogens with zero attached hydrogens (tertiary/aromatic N) is 4. The fourth-order valence-electron chi connectivity index (χ4n) is 2.74. The maximum Gasteiger partial charge on any atom is 0.357 e. The van der Waals surface area contributed by atoms with Crippen molar-refractivity contribution < 1.29 is 9.90 Å². The van der Waals surface area contributed by atoms with Crippen LogP contribution in [0, 0.1) is 5.92 Å². The number of hydrogen-bond donors (Lipinski definition) is 1. The summed E-state index contributed by atoms with van der Waals surface area (Å²) in [5, 5.41) is 13.3. The summed E-state index contributed by atoms with van der Waals surface area (Å²) >= 11 is 0. The number of rotatable bonds is 4. The molecule has 0 amide bonds. The number of aliphatic hydroxyl groups is 1. The first-order valence-electron chi connectivity index (χ1n) is 7.01. The molecular formula is C14H18N4O3. The van der Waals surface area contributed by atoms with Gasteiger partial charge in [0.05, 0.1) is 12.6 Å². The van der Waals surface area contributed by atoms with Gasteiger partial charge >= 0.3 is 5.69 Å². The molecule has 1 saturated carbocycles. The maximum absolute atomic E-state index is 12.2. The molecule has 2 aromatic rings. The molecule has 0 saturated heterocycles. The van der Waals surface area contributed by atoms with Crippen LogP contribution in [0.25, 0.3) is 5.65 Å². The summed E-state index contributed by atoms with van der Waals surface area (Å²) < 4.78 is 2.27. The van der Waals surface area contributed by atoms with Gasteiger partial charge in [-0.15, -0.1) is 9.78 Å². The second-order valence-corrected chi connectivity index (χ2v) is 5.70. The standard InChI is InChI=1S/C14H18N4O3/c1-16(8-10-6-11(19)7-10)9-13(20)18-14(21)17-5-3-2-4-12(17)15-18/h2-5,10-11,19H,6-9H2,1H3. The average molecular weight is 290 g/mol. The molecule has 1 N–H and O–H groups in total. The molecule has 0 bridgehead atoms. The molecule has 1 aliphatic carbocycles. The van der Waals surface area contributed by atoms with Crippen molar-refractivity contribution in [2.24, 2.45) is 5.92 Å². The van der Waals surface area contributed by atoms with Gasteiger partial charge in [-0.2, -0.15) is 0 Å². The van der Waals surface area contributed by atoms with Crippen molar-refractivity contribution in [1.29, 1.82) is 0 Å².